The van der Waals surface area contributed by atoms with Gasteiger partial charge in [0.15, 0.2) is 0 Å². The Kier molecular flexibility index (Phi) is 8.46. The van der Waals surface area contributed by atoms with Crippen LogP contribution in [0, 0.1) is 5.92 Å². The summed E-state index contributed by atoms with van der Waals surface area (Å²) in [4.78, 5) is 36.2. The van der Waals surface area contributed by atoms with Crippen LogP contribution in [-0.2, 0) is 14.3 Å². The summed E-state index contributed by atoms with van der Waals surface area (Å²) >= 11 is 0. The monoisotopic (exact) mass is 464 g/mol. The van der Waals surface area contributed by atoms with Crippen molar-refractivity contribution >= 4 is 18.0 Å². The highest BCUT2D eigenvalue weighted by atomic mass is 16.5. The number of aliphatic carboxylic acids is 1. The number of carboxylic acid groups (broad SMARTS) is 1. The topological polar surface area (TPSA) is 105 Å². The lowest BCUT2D eigenvalue weighted by molar-refractivity contribution is -0.138. The summed E-state index contributed by atoms with van der Waals surface area (Å²) in [5, 5.41) is 14.3. The molecule has 34 heavy (non-hydrogen) atoms. The SMILES string of the molecule is CC(C)=CCC(NC(=O)OCC1c2ccccc2-c2ccccc21)C(=O)NCC(C)CC(=O)O. The summed E-state index contributed by atoms with van der Waals surface area (Å²) in [6.07, 6.45) is 1.47. The highest BCUT2D eigenvalue weighted by Gasteiger charge is 2.29. The zero-order chi connectivity index (χ0) is 24.7. The zero-order valence-electron chi connectivity index (χ0n) is 19.8. The standard InChI is InChI=1S/C27H32N2O5/c1-17(2)12-13-24(26(32)28-15-18(3)14-25(30)31)29-27(33)34-16-23-21-10-6-4-8-19(21)20-9-5-7-11-22(20)23/h4-12,18,23-24H,13-16H2,1-3H3,(H,28,32)(H,29,33)(H,30,31). The van der Waals surface area contributed by atoms with Crippen LogP contribution < -0.4 is 10.6 Å². The first kappa shape index (κ1) is 25.0. The molecule has 0 saturated heterocycles. The van der Waals surface area contributed by atoms with Crippen LogP contribution in [-0.4, -0.2) is 42.3 Å². The molecule has 180 valence electrons. The van der Waals surface area contributed by atoms with E-state index < -0.39 is 18.1 Å². The molecule has 2 aromatic carbocycles. The predicted molar refractivity (Wildman–Crippen MR) is 130 cm³/mol. The maximum atomic E-state index is 12.7. The van der Waals surface area contributed by atoms with Gasteiger partial charge in [-0.1, -0.05) is 67.1 Å². The van der Waals surface area contributed by atoms with E-state index in [9.17, 15) is 14.4 Å². The number of fused-ring (bicyclic) bond motifs is 3. The van der Waals surface area contributed by atoms with Gasteiger partial charge in [0.25, 0.3) is 0 Å². The summed E-state index contributed by atoms with van der Waals surface area (Å²) in [6.45, 7) is 5.95. The van der Waals surface area contributed by atoms with Gasteiger partial charge in [-0.2, -0.15) is 0 Å². The molecule has 2 amide bonds. The number of nitrogens with one attached hydrogen (secondary N) is 2. The second-order valence-electron chi connectivity index (χ2n) is 8.99. The minimum atomic E-state index is -0.917. The van der Waals surface area contributed by atoms with Crippen molar-refractivity contribution in [1.82, 2.24) is 10.6 Å². The van der Waals surface area contributed by atoms with Crippen LogP contribution >= 0.6 is 0 Å². The summed E-state index contributed by atoms with van der Waals surface area (Å²) in [5.41, 5.74) is 5.53. The van der Waals surface area contributed by atoms with Gasteiger partial charge in [0.1, 0.15) is 12.6 Å². The number of ether oxygens (including phenoxy) is 1. The Morgan fingerprint density at radius 3 is 2.18 bits per heavy atom. The fourth-order valence-corrected chi connectivity index (χ4v) is 4.14. The fourth-order valence-electron chi connectivity index (χ4n) is 4.14. The van der Waals surface area contributed by atoms with Crippen molar-refractivity contribution < 1.29 is 24.2 Å². The largest absolute Gasteiger partial charge is 0.481 e. The number of hydrogen-bond acceptors (Lipinski definition) is 4. The second-order valence-corrected chi connectivity index (χ2v) is 8.99. The van der Waals surface area contributed by atoms with E-state index in [1.165, 1.54) is 0 Å². The van der Waals surface area contributed by atoms with E-state index in [0.29, 0.717) is 6.42 Å². The molecule has 3 rings (SSSR count). The minimum Gasteiger partial charge on any atom is -0.481 e. The van der Waals surface area contributed by atoms with Crippen LogP contribution in [0.5, 0.6) is 0 Å². The summed E-state index contributed by atoms with van der Waals surface area (Å²) < 4.78 is 5.58. The maximum absolute atomic E-state index is 12.7. The minimum absolute atomic E-state index is 0.0429. The van der Waals surface area contributed by atoms with Crippen molar-refractivity contribution in [1.29, 1.82) is 0 Å². The van der Waals surface area contributed by atoms with E-state index in [2.05, 4.69) is 22.8 Å². The maximum Gasteiger partial charge on any atom is 0.407 e. The number of carbonyl (C=O) groups excluding carboxylic acids is 2. The zero-order valence-corrected chi connectivity index (χ0v) is 19.8. The highest BCUT2D eigenvalue weighted by Crippen LogP contribution is 2.44. The van der Waals surface area contributed by atoms with Gasteiger partial charge >= 0.3 is 12.1 Å². The van der Waals surface area contributed by atoms with E-state index in [0.717, 1.165) is 27.8 Å². The molecular formula is C27H32N2O5. The highest BCUT2D eigenvalue weighted by molar-refractivity contribution is 5.86. The smallest absolute Gasteiger partial charge is 0.407 e. The number of alkyl carbamates (subject to hydrolysis) is 1. The van der Waals surface area contributed by atoms with Crippen LogP contribution in [0.3, 0.4) is 0 Å². The number of rotatable bonds is 10. The van der Waals surface area contributed by atoms with E-state index in [-0.39, 0.29) is 37.3 Å². The van der Waals surface area contributed by atoms with Crippen molar-refractivity contribution in [3.8, 4) is 11.1 Å². The Bertz CT molecular complexity index is 1030. The normalized spacial score (nSPS) is 13.7. The van der Waals surface area contributed by atoms with Crippen molar-refractivity contribution in [3.63, 3.8) is 0 Å². The van der Waals surface area contributed by atoms with E-state index in [4.69, 9.17) is 9.84 Å². The number of carboxylic acids is 1. The van der Waals surface area contributed by atoms with Crippen molar-refractivity contribution in [2.24, 2.45) is 5.92 Å². The molecule has 0 radical (unpaired) electrons. The van der Waals surface area contributed by atoms with Gasteiger partial charge in [-0.15, -0.1) is 0 Å². The Balaban J connectivity index is 1.63. The van der Waals surface area contributed by atoms with Crippen LogP contribution in [0.25, 0.3) is 11.1 Å². The lowest BCUT2D eigenvalue weighted by Crippen LogP contribution is -2.47. The molecule has 0 aliphatic heterocycles. The van der Waals surface area contributed by atoms with Crippen LogP contribution in [0.15, 0.2) is 60.2 Å². The van der Waals surface area contributed by atoms with Crippen molar-refractivity contribution in [2.45, 2.75) is 45.6 Å². The van der Waals surface area contributed by atoms with Gasteiger partial charge in [-0.3, -0.25) is 9.59 Å². The predicted octanol–water partition coefficient (Wildman–Crippen LogP) is 4.48. The molecule has 0 bridgehead atoms. The molecule has 0 aromatic heterocycles. The number of carbonyl (C=O) groups is 3. The van der Waals surface area contributed by atoms with Gasteiger partial charge in [0, 0.05) is 18.9 Å². The molecule has 3 N–H and O–H groups in total. The Hall–Kier alpha value is -3.61. The van der Waals surface area contributed by atoms with E-state index in [1.807, 2.05) is 56.3 Å². The van der Waals surface area contributed by atoms with Crippen LogP contribution in [0.2, 0.25) is 0 Å². The number of hydrogen-bond donors (Lipinski definition) is 3. The lowest BCUT2D eigenvalue weighted by atomic mass is 9.98. The first-order chi connectivity index (χ1) is 16.3. The molecule has 1 aliphatic rings. The van der Waals surface area contributed by atoms with Gasteiger partial charge in [-0.05, 0) is 48.4 Å². The molecule has 7 nitrogen and oxygen atoms in total. The molecular weight excluding hydrogens is 432 g/mol. The Morgan fingerprint density at radius 2 is 1.62 bits per heavy atom. The van der Waals surface area contributed by atoms with Crippen molar-refractivity contribution in [3.05, 3.63) is 71.3 Å². The Morgan fingerprint density at radius 1 is 1.03 bits per heavy atom. The average molecular weight is 465 g/mol. The summed E-state index contributed by atoms with van der Waals surface area (Å²) in [7, 11) is 0. The quantitative estimate of drug-likeness (QED) is 0.450. The molecule has 7 heteroatoms. The van der Waals surface area contributed by atoms with Crippen LogP contribution in [0.1, 0.15) is 50.7 Å². The second kappa shape index (κ2) is 11.5. The van der Waals surface area contributed by atoms with Gasteiger partial charge in [0.2, 0.25) is 5.91 Å². The molecule has 0 fully saturated rings. The van der Waals surface area contributed by atoms with Crippen LogP contribution in [0.4, 0.5) is 4.79 Å². The fraction of sp³-hybridized carbons (Fsp3) is 0.370. The summed E-state index contributed by atoms with van der Waals surface area (Å²) in [6, 6.07) is 15.4. The molecule has 0 spiro atoms. The van der Waals surface area contributed by atoms with E-state index in [1.54, 1.807) is 6.92 Å². The first-order valence-electron chi connectivity index (χ1n) is 11.5. The van der Waals surface area contributed by atoms with Gasteiger partial charge in [-0.25, -0.2) is 4.79 Å². The molecule has 0 heterocycles. The average Bonchev–Trinajstić information content (AvgIpc) is 3.12. The summed E-state index contributed by atoms with van der Waals surface area (Å²) in [5.74, 6) is -1.58. The van der Waals surface area contributed by atoms with Crippen molar-refractivity contribution in [2.75, 3.05) is 13.2 Å². The number of benzene rings is 2. The molecule has 2 aromatic rings. The molecule has 0 saturated carbocycles. The third kappa shape index (κ3) is 6.47. The molecule has 2 atom stereocenters. The lowest BCUT2D eigenvalue weighted by Gasteiger charge is -2.20. The number of allylic oxidation sites excluding steroid dienone is 1. The molecule has 2 unspecified atom stereocenters. The van der Waals surface area contributed by atoms with Gasteiger partial charge < -0.3 is 20.5 Å². The molecule has 1 aliphatic carbocycles. The third-order valence-electron chi connectivity index (χ3n) is 5.86. The first-order valence-corrected chi connectivity index (χ1v) is 11.5. The number of amides is 2. The van der Waals surface area contributed by atoms with E-state index >= 15 is 0 Å². The third-order valence-corrected chi connectivity index (χ3v) is 5.86. The van der Waals surface area contributed by atoms with Gasteiger partial charge in [0.05, 0.1) is 0 Å². The Labute approximate surface area is 200 Å².